The first-order chi connectivity index (χ1) is 9.01. The lowest BCUT2D eigenvalue weighted by molar-refractivity contribution is -0.870. The third-order valence-electron chi connectivity index (χ3n) is 1.13. The van der Waals surface area contributed by atoms with E-state index in [9.17, 15) is 4.79 Å². The molecule has 2 atom stereocenters. The second-order valence-electron chi connectivity index (χ2n) is 3.60. The molecule has 4 nitrogen and oxygen atoms in total. The Hall–Kier alpha value is -0.610. The number of carbonyl (C=O) groups is 1. The number of carboxylic acid groups (broad SMARTS) is 1. The molecule has 3 N–H and O–H groups in total. The van der Waals surface area contributed by atoms with Gasteiger partial charge in [0.25, 0.3) is 0 Å². The second-order valence-corrected chi connectivity index (χ2v) is 3.60. The molecular weight excluding hydrogens is 168 g/mol. The van der Waals surface area contributed by atoms with Gasteiger partial charge in [0, 0.05) is 6.85 Å². The summed E-state index contributed by atoms with van der Waals surface area (Å²) < 4.78 is 60.4. The number of quaternary nitrogens is 1. The normalized spacial score (nSPS) is 30.5. The molecule has 4 heteroatoms. The average Bonchev–Trinajstić information content (AvgIpc) is 2.24. The van der Waals surface area contributed by atoms with Crippen molar-refractivity contribution in [3.8, 4) is 0 Å². The lowest BCUT2D eigenvalue weighted by Crippen LogP contribution is -2.35. The van der Waals surface area contributed by atoms with Gasteiger partial charge in [0.05, 0.1) is 29.1 Å². The van der Waals surface area contributed by atoms with Crippen molar-refractivity contribution < 1.29 is 25.4 Å². The van der Waals surface area contributed by atoms with Crippen LogP contribution in [0.1, 0.15) is 27.4 Å². The number of hydrogen-bond acceptors (Lipinski definition) is 2. The van der Waals surface area contributed by atoms with Crippen molar-refractivity contribution in [2.45, 2.75) is 25.2 Å². The van der Waals surface area contributed by atoms with Crippen molar-refractivity contribution >= 4 is 5.97 Å². The van der Waals surface area contributed by atoms with Crippen molar-refractivity contribution in [2.75, 3.05) is 27.7 Å². The fourth-order valence-electron chi connectivity index (χ4n) is 0.492. The van der Waals surface area contributed by atoms with E-state index in [-0.39, 0.29) is 11.0 Å². The van der Waals surface area contributed by atoms with Crippen LogP contribution >= 0.6 is 0 Å². The quantitative estimate of drug-likeness (QED) is 0.576. The van der Waals surface area contributed by atoms with Gasteiger partial charge < -0.3 is 15.3 Å². The number of nitrogens with zero attached hydrogens (tertiary/aromatic N) is 1. The molecule has 0 aromatic rings. The predicted molar refractivity (Wildman–Crippen MR) is 52.4 cm³/mol. The molecule has 0 amide bonds. The van der Waals surface area contributed by atoms with Crippen LogP contribution in [0.25, 0.3) is 0 Å². The molecule has 0 fully saturated rings. The third-order valence-corrected chi connectivity index (χ3v) is 1.13. The fraction of sp³-hybridized carbons (Fsp3) is 0.889. The summed E-state index contributed by atoms with van der Waals surface area (Å²) in [6.45, 7) is -0.141. The number of hydrogen-bond donors (Lipinski definition) is 2. The van der Waals surface area contributed by atoms with E-state index in [0.29, 0.717) is 0 Å². The van der Waals surface area contributed by atoms with Crippen LogP contribution < -0.4 is 5.72 Å². The maximum absolute atomic E-state index is 11.1. The molecule has 0 aliphatic carbocycles. The molecule has 0 radical (unpaired) electrons. The molecule has 13 heavy (non-hydrogen) atoms. The molecule has 0 heterocycles. The molecule has 0 rings (SSSR count). The van der Waals surface area contributed by atoms with Crippen LogP contribution in [0.15, 0.2) is 0 Å². The largest absolute Gasteiger partial charge is 0.480 e. The van der Waals surface area contributed by atoms with E-state index in [1.807, 2.05) is 0 Å². The van der Waals surface area contributed by atoms with Gasteiger partial charge in [-0.05, 0) is 19.1 Å². The van der Waals surface area contributed by atoms with Gasteiger partial charge in [-0.25, -0.2) is 0 Å². The summed E-state index contributed by atoms with van der Waals surface area (Å²) in [7, 11) is 4.96. The first-order valence-electron chi connectivity index (χ1n) is 7.73. The van der Waals surface area contributed by atoms with Gasteiger partial charge in [-0.15, -0.1) is 0 Å². The van der Waals surface area contributed by atoms with Crippen LogP contribution in [0.2, 0.25) is 2.82 Å². The third kappa shape index (κ3) is 7.74. The molecule has 0 aromatic heterocycles. The zero-order valence-electron chi connectivity index (χ0n) is 16.0. The monoisotopic (exact) mass is 197 g/mol. The summed E-state index contributed by atoms with van der Waals surface area (Å²) >= 11 is 0. The number of aliphatic carboxylic acids is 1. The highest BCUT2D eigenvalue weighted by Crippen LogP contribution is 2.02. The lowest BCUT2D eigenvalue weighted by atomic mass is 10.1. The number of rotatable bonds is 7. The standard InChI is InChI=1S/C9H20N2O2/c1-11(2,3)7-5-4-6-8(10)9(12)13/h8H,4-7,10H2,1-3H3/p+1/t8-/m0/s1/i4D2,5D,6D2,8D/hD2/t5?,8-. The molecule has 0 aromatic carbocycles. The highest BCUT2D eigenvalue weighted by atomic mass is 16.4. The molecule has 0 spiro atoms. The van der Waals surface area contributed by atoms with E-state index in [1.54, 1.807) is 21.1 Å². The minimum Gasteiger partial charge on any atom is -0.480 e. The van der Waals surface area contributed by atoms with Crippen molar-refractivity contribution in [2.24, 2.45) is 5.72 Å². The van der Waals surface area contributed by atoms with Crippen molar-refractivity contribution in [1.29, 1.82) is 0 Å². The van der Waals surface area contributed by atoms with Crippen LogP contribution in [0.5, 0.6) is 0 Å². The minimum absolute atomic E-state index is 0.132. The summed E-state index contributed by atoms with van der Waals surface area (Å²) in [6, 6.07) is -3.50. The Morgan fingerprint density at radius 2 is 2.38 bits per heavy atom. The van der Waals surface area contributed by atoms with Gasteiger partial charge in [0.1, 0.15) is 8.84 Å². The summed E-state index contributed by atoms with van der Waals surface area (Å²) in [5.41, 5.74) is -0.689. The first-order valence-corrected chi connectivity index (χ1v) is 3.76. The van der Waals surface area contributed by atoms with E-state index in [0.717, 1.165) is 0 Å². The summed E-state index contributed by atoms with van der Waals surface area (Å²) in [4.78, 5) is 11.1. The Labute approximate surface area is 91.3 Å². The zero-order chi connectivity index (χ0) is 17.4. The Morgan fingerprint density at radius 3 is 2.77 bits per heavy atom. The van der Waals surface area contributed by atoms with Gasteiger partial charge in [0.15, 0.2) is 0 Å². The van der Waals surface area contributed by atoms with Gasteiger partial charge in [-0.3, -0.25) is 4.79 Å². The van der Waals surface area contributed by atoms with E-state index in [1.165, 1.54) is 0 Å². The Balaban J connectivity index is 5.80. The van der Waals surface area contributed by atoms with Crippen molar-refractivity contribution in [3.05, 3.63) is 0 Å². The minimum atomic E-state index is -3.50. The maximum atomic E-state index is 11.1. The van der Waals surface area contributed by atoms with Gasteiger partial charge >= 0.3 is 5.97 Å². The van der Waals surface area contributed by atoms with Crippen LogP contribution in [-0.4, -0.2) is 49.3 Å². The number of carboxylic acids is 1. The van der Waals surface area contributed by atoms with Gasteiger partial charge in [0.2, 0.25) is 0 Å². The number of nitrogens with two attached hydrogens (primary N) is 1. The Bertz CT molecular complexity index is 398. The topological polar surface area (TPSA) is 63.3 Å². The molecular formula is C9H21N2O2+. The molecule has 0 bridgehead atoms. The molecule has 1 unspecified atom stereocenters. The lowest BCUT2D eigenvalue weighted by Gasteiger charge is -2.23. The fourth-order valence-corrected chi connectivity index (χ4v) is 0.492. The van der Waals surface area contributed by atoms with Crippen molar-refractivity contribution in [1.82, 2.24) is 0 Å². The predicted octanol–water partition coefficient (Wildman–Crippen LogP) is 0.275. The van der Waals surface area contributed by atoms with E-state index in [2.05, 4.69) is 0 Å². The van der Waals surface area contributed by atoms with Gasteiger partial charge in [-0.2, -0.15) is 0 Å². The molecule has 0 aliphatic heterocycles. The zero-order valence-corrected chi connectivity index (χ0v) is 8.03. The summed E-state index contributed by atoms with van der Waals surface area (Å²) in [6.07, 6.45) is -8.20. The van der Waals surface area contributed by atoms with Crippen LogP contribution in [-0.2, 0) is 4.79 Å². The summed E-state index contributed by atoms with van der Waals surface area (Å²) in [5.74, 6) is -2.17. The van der Waals surface area contributed by atoms with Crippen molar-refractivity contribution in [3.63, 3.8) is 0 Å². The van der Waals surface area contributed by atoms with Crippen LogP contribution in [0.4, 0.5) is 0 Å². The SMILES string of the molecule is [2H]C(C[N+](C)(C)C)C([2H])([2H])C([2H])([2H])[C@@]([2H])(C(=O)O)N([2H])[2H]. The van der Waals surface area contributed by atoms with Crippen LogP contribution in [0, 0.1) is 0 Å². The Morgan fingerprint density at radius 1 is 1.77 bits per heavy atom. The molecule has 0 aliphatic rings. The highest BCUT2D eigenvalue weighted by molar-refractivity contribution is 5.72. The smallest absolute Gasteiger partial charge is 0.320 e. The van der Waals surface area contributed by atoms with E-state index in [4.69, 9.17) is 16.2 Å². The Kier molecular flexibility index (Phi) is 1.71. The first kappa shape index (κ1) is 4.28. The van der Waals surface area contributed by atoms with Gasteiger partial charge in [-0.1, -0.05) is 0 Å². The molecule has 0 saturated carbocycles. The molecule has 0 saturated heterocycles. The van der Waals surface area contributed by atoms with Crippen LogP contribution in [0.3, 0.4) is 0 Å². The average molecular weight is 197 g/mol. The highest BCUT2D eigenvalue weighted by Gasteiger charge is 2.11. The molecule has 78 valence electrons. The van der Waals surface area contributed by atoms with E-state index < -0.39 is 36.8 Å². The maximum Gasteiger partial charge on any atom is 0.320 e. The van der Waals surface area contributed by atoms with E-state index >= 15 is 0 Å². The summed E-state index contributed by atoms with van der Waals surface area (Å²) in [5, 5.41) is 8.98. The second kappa shape index (κ2) is 5.19.